The number of esters is 1. The molecule has 0 saturated carbocycles. The fourth-order valence-electron chi connectivity index (χ4n) is 6.44. The van der Waals surface area contributed by atoms with Gasteiger partial charge in [0, 0.05) is 31.5 Å². The smallest absolute Gasteiger partial charge is 0.303 e. The molecule has 2 N–H and O–H groups in total. The number of hydrogen-bond acceptors (Lipinski definition) is 7. The predicted octanol–water partition coefficient (Wildman–Crippen LogP) is 6.47. The second-order valence-electron chi connectivity index (χ2n) is 12.7. The molecule has 1 amide bonds. The number of hydrogen-bond donors (Lipinski definition) is 2. The number of aliphatic hydroxyl groups is 1. The summed E-state index contributed by atoms with van der Waals surface area (Å²) in [6, 6.07) is 24.4. The van der Waals surface area contributed by atoms with Crippen LogP contribution in [0.15, 0.2) is 72.8 Å². The molecule has 2 saturated heterocycles. The lowest BCUT2D eigenvalue weighted by Gasteiger charge is -2.43. The number of ether oxygens (including phenoxy) is 3. The van der Waals surface area contributed by atoms with Crippen LogP contribution in [0.2, 0.25) is 0 Å². The van der Waals surface area contributed by atoms with Crippen LogP contribution in [-0.2, 0) is 37.0 Å². The molecule has 5 rings (SSSR count). The fraction of sp³-hybridized carbons (Fsp3) is 0.474. The second-order valence-corrected chi connectivity index (χ2v) is 12.7. The molecule has 3 aromatic carbocycles. The second kappa shape index (κ2) is 16.3. The molecule has 0 bridgehead atoms. The van der Waals surface area contributed by atoms with Gasteiger partial charge in [0.1, 0.15) is 0 Å². The van der Waals surface area contributed by atoms with E-state index in [1.165, 1.54) is 39.0 Å². The average molecular weight is 629 g/mol. The Hall–Kier alpha value is -3.56. The molecule has 5 atom stereocenters. The first-order chi connectivity index (χ1) is 22.3. The van der Waals surface area contributed by atoms with Gasteiger partial charge in [0.2, 0.25) is 0 Å². The van der Waals surface area contributed by atoms with E-state index in [0.29, 0.717) is 6.54 Å². The van der Waals surface area contributed by atoms with Gasteiger partial charge in [0.05, 0.1) is 18.8 Å². The summed E-state index contributed by atoms with van der Waals surface area (Å²) in [5, 5.41) is 12.4. The minimum atomic E-state index is -0.847. The largest absolute Gasteiger partial charge is 0.453 e. The highest BCUT2D eigenvalue weighted by atomic mass is 16.7. The summed E-state index contributed by atoms with van der Waals surface area (Å²) in [7, 11) is 0. The number of nitrogens with zero attached hydrogens (tertiary/aromatic N) is 1. The Kier molecular flexibility index (Phi) is 12.0. The van der Waals surface area contributed by atoms with E-state index in [1.807, 2.05) is 36.4 Å². The van der Waals surface area contributed by atoms with E-state index in [-0.39, 0.29) is 30.6 Å². The zero-order valence-electron chi connectivity index (χ0n) is 27.3. The van der Waals surface area contributed by atoms with Gasteiger partial charge in [-0.15, -0.1) is 0 Å². The summed E-state index contributed by atoms with van der Waals surface area (Å²) in [6.07, 6.45) is 4.81. The summed E-state index contributed by atoms with van der Waals surface area (Å²) < 4.78 is 18.5. The van der Waals surface area contributed by atoms with Crippen LogP contribution in [-0.4, -0.2) is 53.7 Å². The van der Waals surface area contributed by atoms with E-state index < -0.39 is 18.4 Å². The number of carbonyl (C=O) groups is 2. The van der Waals surface area contributed by atoms with E-state index in [1.54, 1.807) is 6.92 Å². The molecule has 8 nitrogen and oxygen atoms in total. The van der Waals surface area contributed by atoms with Gasteiger partial charge >= 0.3 is 5.97 Å². The normalized spacial score (nSPS) is 23.1. The van der Waals surface area contributed by atoms with Gasteiger partial charge in [0.25, 0.3) is 5.91 Å². The van der Waals surface area contributed by atoms with E-state index in [0.717, 1.165) is 53.0 Å². The fourth-order valence-corrected chi connectivity index (χ4v) is 6.44. The van der Waals surface area contributed by atoms with Crippen molar-refractivity contribution >= 4 is 11.9 Å². The molecule has 2 aliphatic heterocycles. The van der Waals surface area contributed by atoms with Gasteiger partial charge < -0.3 is 29.5 Å². The Morgan fingerprint density at radius 3 is 2.26 bits per heavy atom. The third-order valence-corrected chi connectivity index (χ3v) is 9.11. The average Bonchev–Trinajstić information content (AvgIpc) is 3.05. The first-order valence-electron chi connectivity index (χ1n) is 16.7. The van der Waals surface area contributed by atoms with Crippen molar-refractivity contribution in [2.24, 2.45) is 5.92 Å². The van der Waals surface area contributed by atoms with Gasteiger partial charge in [-0.05, 0) is 72.8 Å². The Morgan fingerprint density at radius 2 is 1.57 bits per heavy atom. The zero-order valence-corrected chi connectivity index (χ0v) is 27.3. The molecule has 2 aliphatic rings. The van der Waals surface area contributed by atoms with Crippen molar-refractivity contribution in [2.75, 3.05) is 19.6 Å². The lowest BCUT2D eigenvalue weighted by atomic mass is 9.89. The summed E-state index contributed by atoms with van der Waals surface area (Å²) in [5.41, 5.74) is 5.89. The molecule has 2 fully saturated rings. The van der Waals surface area contributed by atoms with Crippen molar-refractivity contribution in [3.05, 3.63) is 95.1 Å². The molecule has 46 heavy (non-hydrogen) atoms. The third kappa shape index (κ3) is 9.04. The van der Waals surface area contributed by atoms with Gasteiger partial charge in [-0.2, -0.15) is 0 Å². The van der Waals surface area contributed by atoms with E-state index >= 15 is 0 Å². The van der Waals surface area contributed by atoms with Crippen LogP contribution in [0.5, 0.6) is 0 Å². The molecule has 0 spiro atoms. The van der Waals surface area contributed by atoms with Crippen LogP contribution >= 0.6 is 0 Å². The SMILES string of the molecule is CC(=O)O[C@@H](C)C(=O)NCc1cccc(-c2cccc([C@H]3O[C@@H](CN4CCCCCCC4)[C@@H](C)[C@@H](c4ccc(CO)cc4)O3)c2)c1. The van der Waals surface area contributed by atoms with E-state index in [9.17, 15) is 14.7 Å². The summed E-state index contributed by atoms with van der Waals surface area (Å²) in [5.74, 6) is -0.686. The van der Waals surface area contributed by atoms with Gasteiger partial charge in [-0.25, -0.2) is 0 Å². The Labute approximate surface area is 273 Å². The van der Waals surface area contributed by atoms with Crippen LogP contribution in [0.1, 0.15) is 87.5 Å². The highest BCUT2D eigenvalue weighted by molar-refractivity contribution is 5.82. The summed E-state index contributed by atoms with van der Waals surface area (Å²) in [6.45, 7) is 8.48. The molecule has 0 unspecified atom stereocenters. The van der Waals surface area contributed by atoms with Crippen molar-refractivity contribution in [2.45, 2.75) is 90.6 Å². The number of likely N-dealkylation sites (tertiary alicyclic amines) is 1. The summed E-state index contributed by atoms with van der Waals surface area (Å²) in [4.78, 5) is 26.1. The van der Waals surface area contributed by atoms with Crippen LogP contribution in [0.3, 0.4) is 0 Å². The Balaban J connectivity index is 1.35. The van der Waals surface area contributed by atoms with Crippen molar-refractivity contribution in [1.82, 2.24) is 10.2 Å². The highest BCUT2D eigenvalue weighted by Gasteiger charge is 2.39. The maximum Gasteiger partial charge on any atom is 0.303 e. The van der Waals surface area contributed by atoms with Crippen molar-refractivity contribution < 1.29 is 28.9 Å². The lowest BCUT2D eigenvalue weighted by Crippen LogP contribution is -2.45. The van der Waals surface area contributed by atoms with Gasteiger partial charge in [-0.3, -0.25) is 9.59 Å². The quantitative estimate of drug-likeness (QED) is 0.249. The van der Waals surface area contributed by atoms with Crippen molar-refractivity contribution in [3.8, 4) is 11.1 Å². The molecule has 246 valence electrons. The molecule has 2 heterocycles. The molecular formula is C38H48N2O6. The van der Waals surface area contributed by atoms with Gasteiger partial charge in [-0.1, -0.05) is 86.8 Å². The number of amides is 1. The third-order valence-electron chi connectivity index (χ3n) is 9.11. The van der Waals surface area contributed by atoms with Crippen molar-refractivity contribution in [3.63, 3.8) is 0 Å². The van der Waals surface area contributed by atoms with E-state index in [2.05, 4.69) is 53.5 Å². The predicted molar refractivity (Wildman–Crippen MR) is 177 cm³/mol. The van der Waals surface area contributed by atoms with E-state index in [4.69, 9.17) is 14.2 Å². The molecular weight excluding hydrogens is 580 g/mol. The zero-order chi connectivity index (χ0) is 32.5. The molecule has 0 aliphatic carbocycles. The summed E-state index contributed by atoms with van der Waals surface area (Å²) >= 11 is 0. The Bertz CT molecular complexity index is 1440. The van der Waals surface area contributed by atoms with Gasteiger partial charge in [0.15, 0.2) is 12.4 Å². The minimum absolute atomic E-state index is 0.00864. The number of carbonyl (C=O) groups excluding carboxylic acids is 2. The maximum atomic E-state index is 12.4. The topological polar surface area (TPSA) is 97.3 Å². The molecule has 8 heteroatoms. The van der Waals surface area contributed by atoms with Crippen LogP contribution in [0.25, 0.3) is 11.1 Å². The van der Waals surface area contributed by atoms with Crippen LogP contribution in [0, 0.1) is 5.92 Å². The number of aliphatic hydroxyl groups excluding tert-OH is 1. The first kappa shape index (κ1) is 33.8. The van der Waals surface area contributed by atoms with Crippen LogP contribution < -0.4 is 5.32 Å². The lowest BCUT2D eigenvalue weighted by molar-refractivity contribution is -0.276. The molecule has 0 radical (unpaired) electrons. The number of rotatable bonds is 10. The van der Waals surface area contributed by atoms with Crippen LogP contribution in [0.4, 0.5) is 0 Å². The highest BCUT2D eigenvalue weighted by Crippen LogP contribution is 2.42. The first-order valence-corrected chi connectivity index (χ1v) is 16.7. The van der Waals surface area contributed by atoms with Crippen molar-refractivity contribution in [1.29, 1.82) is 0 Å². The molecule has 0 aromatic heterocycles. The maximum absolute atomic E-state index is 12.4. The monoisotopic (exact) mass is 628 g/mol. The standard InChI is InChI=1S/C38H48N2O6/c1-26-35(24-40-19-7-5-4-6-8-20-40)45-38(46-36(26)31-17-15-29(25-41)16-18-31)34-14-10-13-33(22-34)32-12-9-11-30(21-32)23-39-37(43)27(2)44-28(3)42/h9-18,21-22,26-27,35-36,38,41H,4-8,19-20,23-25H2,1-3H3,(H,39,43)/t26-,27+,35+,36+,38+/m1/s1. The Morgan fingerprint density at radius 1 is 0.891 bits per heavy atom. The number of benzene rings is 3. The molecule has 3 aromatic rings. The minimum Gasteiger partial charge on any atom is -0.453 e. The number of nitrogens with one attached hydrogen (secondary N) is 1.